The average molecular weight is 381 g/mol. The van der Waals surface area contributed by atoms with Crippen LogP contribution in [0.1, 0.15) is 17.5 Å². The molecule has 148 valence electrons. The number of carbonyl (C=O) groups excluding carboxylic acids is 2. The maximum atomic E-state index is 12.4. The number of piperazine rings is 1. The number of anilines is 1. The Balaban J connectivity index is 1.41. The molecule has 0 spiro atoms. The average Bonchev–Trinajstić information content (AvgIpc) is 2.72. The van der Waals surface area contributed by atoms with E-state index in [4.69, 9.17) is 4.74 Å². The SMILES string of the molecule is Cc1cccc(OCCC(=O)N2CCN(C(=O)Nc3ccccc3)CC2)c1C. The Morgan fingerprint density at radius 2 is 1.61 bits per heavy atom. The van der Waals surface area contributed by atoms with E-state index in [9.17, 15) is 9.59 Å². The van der Waals surface area contributed by atoms with E-state index < -0.39 is 0 Å². The number of nitrogens with one attached hydrogen (secondary N) is 1. The molecule has 1 heterocycles. The summed E-state index contributed by atoms with van der Waals surface area (Å²) in [4.78, 5) is 28.3. The predicted octanol–water partition coefficient (Wildman–Crippen LogP) is 3.45. The Kier molecular flexibility index (Phi) is 6.53. The van der Waals surface area contributed by atoms with E-state index in [1.807, 2.05) is 62.4 Å². The van der Waals surface area contributed by atoms with E-state index in [1.165, 1.54) is 5.56 Å². The van der Waals surface area contributed by atoms with Crippen LogP contribution in [-0.2, 0) is 4.79 Å². The van der Waals surface area contributed by atoms with Crippen LogP contribution in [0.4, 0.5) is 10.5 Å². The molecule has 0 bridgehead atoms. The Morgan fingerprint density at radius 1 is 0.929 bits per heavy atom. The van der Waals surface area contributed by atoms with Crippen LogP contribution in [0.3, 0.4) is 0 Å². The number of hydrogen-bond acceptors (Lipinski definition) is 3. The van der Waals surface area contributed by atoms with Crippen LogP contribution in [0.25, 0.3) is 0 Å². The third-order valence-electron chi connectivity index (χ3n) is 5.07. The summed E-state index contributed by atoms with van der Waals surface area (Å²) in [5.41, 5.74) is 3.05. The molecule has 28 heavy (non-hydrogen) atoms. The topological polar surface area (TPSA) is 61.9 Å². The summed E-state index contributed by atoms with van der Waals surface area (Å²) >= 11 is 0. The number of rotatable bonds is 5. The van der Waals surface area contributed by atoms with E-state index in [0.29, 0.717) is 39.2 Å². The molecule has 0 aromatic heterocycles. The van der Waals surface area contributed by atoms with Crippen molar-refractivity contribution in [1.29, 1.82) is 0 Å². The summed E-state index contributed by atoms with van der Waals surface area (Å²) in [5, 5.41) is 2.88. The van der Waals surface area contributed by atoms with Gasteiger partial charge in [-0.25, -0.2) is 4.79 Å². The molecule has 6 nitrogen and oxygen atoms in total. The number of aryl methyl sites for hydroxylation is 1. The molecule has 0 aliphatic carbocycles. The third kappa shape index (κ3) is 5.03. The molecule has 3 rings (SSSR count). The molecule has 1 aliphatic heterocycles. The molecule has 2 aromatic carbocycles. The molecule has 0 atom stereocenters. The highest BCUT2D eigenvalue weighted by Gasteiger charge is 2.24. The molecule has 1 N–H and O–H groups in total. The fraction of sp³-hybridized carbons (Fsp3) is 0.364. The first kappa shape index (κ1) is 19.7. The largest absolute Gasteiger partial charge is 0.493 e. The first-order chi connectivity index (χ1) is 13.5. The van der Waals surface area contributed by atoms with Crippen molar-refractivity contribution >= 4 is 17.6 Å². The number of ether oxygens (including phenoxy) is 1. The van der Waals surface area contributed by atoms with Crippen LogP contribution in [0, 0.1) is 13.8 Å². The summed E-state index contributed by atoms with van der Waals surface area (Å²) in [7, 11) is 0. The van der Waals surface area contributed by atoms with Crippen LogP contribution >= 0.6 is 0 Å². The van der Waals surface area contributed by atoms with Gasteiger partial charge in [-0.15, -0.1) is 0 Å². The zero-order valence-electron chi connectivity index (χ0n) is 16.5. The monoisotopic (exact) mass is 381 g/mol. The van der Waals surface area contributed by atoms with Crippen molar-refractivity contribution in [2.45, 2.75) is 20.3 Å². The number of para-hydroxylation sites is 1. The lowest BCUT2D eigenvalue weighted by Gasteiger charge is -2.34. The first-order valence-corrected chi connectivity index (χ1v) is 9.62. The Bertz CT molecular complexity index is 815. The molecule has 1 saturated heterocycles. The summed E-state index contributed by atoms with van der Waals surface area (Å²) in [5.74, 6) is 0.892. The van der Waals surface area contributed by atoms with Crippen molar-refractivity contribution in [3.05, 3.63) is 59.7 Å². The molecular formula is C22H27N3O3. The van der Waals surface area contributed by atoms with E-state index in [-0.39, 0.29) is 11.9 Å². The van der Waals surface area contributed by atoms with E-state index >= 15 is 0 Å². The van der Waals surface area contributed by atoms with Crippen LogP contribution < -0.4 is 10.1 Å². The second-order valence-corrected chi connectivity index (χ2v) is 6.96. The standard InChI is InChI=1S/C22H27N3O3/c1-17-7-6-10-20(18(17)2)28-16-11-21(26)24-12-14-25(15-13-24)22(27)23-19-8-4-3-5-9-19/h3-10H,11-16H2,1-2H3,(H,23,27). The minimum absolute atomic E-state index is 0.0634. The van der Waals surface area contributed by atoms with Gasteiger partial charge in [-0.1, -0.05) is 30.3 Å². The van der Waals surface area contributed by atoms with Gasteiger partial charge >= 0.3 is 6.03 Å². The highest BCUT2D eigenvalue weighted by atomic mass is 16.5. The summed E-state index contributed by atoms with van der Waals surface area (Å²) in [6.07, 6.45) is 0.337. The lowest BCUT2D eigenvalue weighted by Crippen LogP contribution is -2.51. The van der Waals surface area contributed by atoms with Gasteiger partial charge in [0.2, 0.25) is 5.91 Å². The van der Waals surface area contributed by atoms with Crippen LogP contribution in [0.15, 0.2) is 48.5 Å². The van der Waals surface area contributed by atoms with Crippen LogP contribution in [0.5, 0.6) is 5.75 Å². The highest BCUT2D eigenvalue weighted by Crippen LogP contribution is 2.20. The Labute approximate surface area is 166 Å². The normalized spacial score (nSPS) is 13.9. The van der Waals surface area contributed by atoms with Crippen molar-refractivity contribution in [3.8, 4) is 5.75 Å². The fourth-order valence-corrected chi connectivity index (χ4v) is 3.17. The maximum Gasteiger partial charge on any atom is 0.321 e. The molecule has 6 heteroatoms. The summed E-state index contributed by atoms with van der Waals surface area (Å²) in [6.45, 7) is 6.57. The second kappa shape index (κ2) is 9.26. The number of hydrogen-bond donors (Lipinski definition) is 1. The molecule has 0 unspecified atom stereocenters. The number of amides is 3. The number of benzene rings is 2. The quantitative estimate of drug-likeness (QED) is 0.863. The summed E-state index contributed by atoms with van der Waals surface area (Å²) < 4.78 is 5.78. The van der Waals surface area contributed by atoms with Gasteiger partial charge in [-0.05, 0) is 43.2 Å². The zero-order valence-corrected chi connectivity index (χ0v) is 16.5. The third-order valence-corrected chi connectivity index (χ3v) is 5.07. The lowest BCUT2D eigenvalue weighted by atomic mass is 10.1. The van der Waals surface area contributed by atoms with Gasteiger partial charge in [0.05, 0.1) is 13.0 Å². The van der Waals surface area contributed by atoms with E-state index in [2.05, 4.69) is 5.32 Å². The van der Waals surface area contributed by atoms with Crippen molar-refractivity contribution in [2.75, 3.05) is 38.1 Å². The lowest BCUT2D eigenvalue weighted by molar-refractivity contribution is -0.133. The van der Waals surface area contributed by atoms with Crippen molar-refractivity contribution < 1.29 is 14.3 Å². The maximum absolute atomic E-state index is 12.4. The molecule has 2 aromatic rings. The van der Waals surface area contributed by atoms with Crippen LogP contribution in [-0.4, -0.2) is 54.5 Å². The molecule has 3 amide bonds. The van der Waals surface area contributed by atoms with Crippen LogP contribution in [0.2, 0.25) is 0 Å². The van der Waals surface area contributed by atoms with Gasteiger partial charge in [0.25, 0.3) is 0 Å². The summed E-state index contributed by atoms with van der Waals surface area (Å²) in [6, 6.07) is 15.2. The molecule has 0 saturated carbocycles. The van der Waals surface area contributed by atoms with Gasteiger partial charge in [-0.3, -0.25) is 4.79 Å². The van der Waals surface area contributed by atoms with Crippen molar-refractivity contribution in [2.24, 2.45) is 0 Å². The van der Waals surface area contributed by atoms with Gasteiger partial charge < -0.3 is 19.9 Å². The van der Waals surface area contributed by atoms with Gasteiger partial charge in [-0.2, -0.15) is 0 Å². The van der Waals surface area contributed by atoms with E-state index in [0.717, 1.165) is 17.0 Å². The number of urea groups is 1. The number of carbonyl (C=O) groups is 2. The van der Waals surface area contributed by atoms with Crippen molar-refractivity contribution in [3.63, 3.8) is 0 Å². The Morgan fingerprint density at radius 3 is 2.32 bits per heavy atom. The van der Waals surface area contributed by atoms with E-state index in [1.54, 1.807) is 9.80 Å². The smallest absolute Gasteiger partial charge is 0.321 e. The first-order valence-electron chi connectivity index (χ1n) is 9.62. The number of nitrogens with zero attached hydrogens (tertiary/aromatic N) is 2. The minimum atomic E-state index is -0.128. The zero-order chi connectivity index (χ0) is 19.9. The Hall–Kier alpha value is -3.02. The van der Waals surface area contributed by atoms with Gasteiger partial charge in [0.1, 0.15) is 5.75 Å². The predicted molar refractivity (Wildman–Crippen MR) is 110 cm³/mol. The minimum Gasteiger partial charge on any atom is -0.493 e. The highest BCUT2D eigenvalue weighted by molar-refractivity contribution is 5.89. The molecular weight excluding hydrogens is 354 g/mol. The fourth-order valence-electron chi connectivity index (χ4n) is 3.17. The van der Waals surface area contributed by atoms with Gasteiger partial charge in [0.15, 0.2) is 0 Å². The van der Waals surface area contributed by atoms with Crippen molar-refractivity contribution in [1.82, 2.24) is 9.80 Å². The van der Waals surface area contributed by atoms with Gasteiger partial charge in [0, 0.05) is 31.9 Å². The molecule has 1 aliphatic rings. The second-order valence-electron chi connectivity index (χ2n) is 6.96. The molecule has 1 fully saturated rings. The molecule has 0 radical (unpaired) electrons.